The van der Waals surface area contributed by atoms with E-state index in [0.717, 1.165) is 22.3 Å². The van der Waals surface area contributed by atoms with Crippen molar-refractivity contribution < 1.29 is 4.79 Å². The van der Waals surface area contributed by atoms with Gasteiger partial charge in [-0.1, -0.05) is 18.2 Å². The summed E-state index contributed by atoms with van der Waals surface area (Å²) in [5.74, 6) is 0.183. The minimum absolute atomic E-state index is 0.183. The van der Waals surface area contributed by atoms with Crippen LogP contribution in [0.5, 0.6) is 0 Å². The molecule has 1 heteroatoms. The number of rotatable bonds is 0. The third kappa shape index (κ3) is 0.828. The van der Waals surface area contributed by atoms with Gasteiger partial charge in [-0.25, -0.2) is 0 Å². The molecule has 0 saturated carbocycles. The number of hydrogen-bond donors (Lipinski definition) is 0. The van der Waals surface area contributed by atoms with Gasteiger partial charge in [-0.2, -0.15) is 0 Å². The molecule has 0 radical (unpaired) electrons. The molecule has 1 aromatic rings. The van der Waals surface area contributed by atoms with Crippen LogP contribution in [-0.2, 0) is 0 Å². The Bertz CT molecular complexity index is 386. The van der Waals surface area contributed by atoms with Crippen LogP contribution >= 0.6 is 0 Å². The van der Waals surface area contributed by atoms with Crippen molar-refractivity contribution in [3.8, 4) is 0 Å². The highest BCUT2D eigenvalue weighted by molar-refractivity contribution is 6.18. The van der Waals surface area contributed by atoms with Crippen LogP contribution in [0.1, 0.15) is 28.4 Å². The zero-order chi connectivity index (χ0) is 8.72. The second-order valence-electron chi connectivity index (χ2n) is 3.20. The predicted molar refractivity (Wildman–Crippen MR) is 49.2 cm³/mol. The Balaban J connectivity index is 2.72. The first-order chi connectivity index (χ1) is 5.70. The molecule has 60 valence electrons. The summed E-state index contributed by atoms with van der Waals surface area (Å²) in [5, 5.41) is 0. The number of allylic oxidation sites excluding steroid dienone is 1. The van der Waals surface area contributed by atoms with Gasteiger partial charge in [0.2, 0.25) is 0 Å². The Morgan fingerprint density at radius 1 is 1.17 bits per heavy atom. The van der Waals surface area contributed by atoms with Gasteiger partial charge in [0.1, 0.15) is 0 Å². The lowest BCUT2D eigenvalue weighted by Crippen LogP contribution is -1.98. The third-order valence-electron chi connectivity index (χ3n) is 2.26. The maximum absolute atomic E-state index is 11.5. The molecule has 0 fully saturated rings. The summed E-state index contributed by atoms with van der Waals surface area (Å²) >= 11 is 0. The lowest BCUT2D eigenvalue weighted by atomic mass is 10.0. The van der Waals surface area contributed by atoms with Gasteiger partial charge < -0.3 is 0 Å². The maximum atomic E-state index is 11.5. The Kier molecular flexibility index (Phi) is 1.40. The van der Waals surface area contributed by atoms with E-state index in [9.17, 15) is 4.79 Å². The summed E-state index contributed by atoms with van der Waals surface area (Å²) in [6.07, 6.45) is 1.95. The molecule has 0 heterocycles. The van der Waals surface area contributed by atoms with Crippen molar-refractivity contribution in [2.24, 2.45) is 0 Å². The minimum atomic E-state index is 0.183. The van der Waals surface area contributed by atoms with Gasteiger partial charge in [-0.05, 0) is 36.6 Å². The van der Waals surface area contributed by atoms with E-state index in [4.69, 9.17) is 0 Å². The van der Waals surface area contributed by atoms with Gasteiger partial charge in [0.05, 0.1) is 0 Å². The SMILES string of the molecule is CC1=Cc2cccc(C)c2C1=O. The summed E-state index contributed by atoms with van der Waals surface area (Å²) in [5.41, 5.74) is 3.87. The highest BCUT2D eigenvalue weighted by Gasteiger charge is 2.20. The molecule has 12 heavy (non-hydrogen) atoms. The van der Waals surface area contributed by atoms with Gasteiger partial charge in [0.25, 0.3) is 0 Å². The van der Waals surface area contributed by atoms with Gasteiger partial charge in [-0.3, -0.25) is 4.79 Å². The molecule has 0 spiro atoms. The van der Waals surface area contributed by atoms with Crippen LogP contribution in [0.4, 0.5) is 0 Å². The van der Waals surface area contributed by atoms with Gasteiger partial charge >= 0.3 is 0 Å². The van der Waals surface area contributed by atoms with Crippen molar-refractivity contribution >= 4 is 11.9 Å². The monoisotopic (exact) mass is 158 g/mol. The predicted octanol–water partition coefficient (Wildman–Crippen LogP) is 2.59. The fourth-order valence-electron chi connectivity index (χ4n) is 1.62. The lowest BCUT2D eigenvalue weighted by molar-refractivity contribution is 0.103. The largest absolute Gasteiger partial charge is 0.289 e. The van der Waals surface area contributed by atoms with E-state index in [1.165, 1.54) is 0 Å². The quantitative estimate of drug-likeness (QED) is 0.567. The summed E-state index contributed by atoms with van der Waals surface area (Å²) in [7, 11) is 0. The molecular formula is C11H10O. The topological polar surface area (TPSA) is 17.1 Å². The van der Waals surface area contributed by atoms with Crippen LogP contribution in [-0.4, -0.2) is 5.78 Å². The smallest absolute Gasteiger partial charge is 0.189 e. The number of Topliss-reactive ketones (excluding diaryl/α,β-unsaturated/α-hetero) is 1. The van der Waals surface area contributed by atoms with Crippen molar-refractivity contribution in [1.29, 1.82) is 0 Å². The molecule has 0 atom stereocenters. The molecule has 0 amide bonds. The van der Waals surface area contributed by atoms with E-state index in [1.54, 1.807) is 0 Å². The Labute approximate surface area is 71.7 Å². The van der Waals surface area contributed by atoms with E-state index < -0.39 is 0 Å². The molecule has 0 saturated heterocycles. The molecule has 0 bridgehead atoms. The van der Waals surface area contributed by atoms with E-state index in [0.29, 0.717) is 0 Å². The Hall–Kier alpha value is -1.37. The van der Waals surface area contributed by atoms with E-state index in [1.807, 2.05) is 38.1 Å². The highest BCUT2D eigenvalue weighted by Crippen LogP contribution is 2.26. The van der Waals surface area contributed by atoms with Crippen LogP contribution in [0.25, 0.3) is 6.08 Å². The number of fused-ring (bicyclic) bond motifs is 1. The number of aryl methyl sites for hydroxylation is 1. The number of benzene rings is 1. The summed E-state index contributed by atoms with van der Waals surface area (Å²) < 4.78 is 0. The lowest BCUT2D eigenvalue weighted by Gasteiger charge is -2.00. The van der Waals surface area contributed by atoms with Crippen LogP contribution in [0, 0.1) is 6.92 Å². The third-order valence-corrected chi connectivity index (χ3v) is 2.26. The number of hydrogen-bond acceptors (Lipinski definition) is 1. The Morgan fingerprint density at radius 3 is 2.58 bits per heavy atom. The summed E-state index contributed by atoms with van der Waals surface area (Å²) in [6.45, 7) is 3.84. The number of carbonyl (C=O) groups is 1. The first kappa shape index (κ1) is 7.29. The fraction of sp³-hybridized carbons (Fsp3) is 0.182. The van der Waals surface area contributed by atoms with Gasteiger partial charge in [0, 0.05) is 5.56 Å². The van der Waals surface area contributed by atoms with Crippen LogP contribution < -0.4 is 0 Å². The standard InChI is InChI=1S/C11H10O/c1-7-4-3-5-9-6-8(2)11(12)10(7)9/h3-6H,1-2H3. The molecule has 0 aromatic heterocycles. The van der Waals surface area contributed by atoms with Crippen molar-refractivity contribution in [3.63, 3.8) is 0 Å². The molecule has 0 N–H and O–H groups in total. The summed E-state index contributed by atoms with van der Waals surface area (Å²) in [6, 6.07) is 5.94. The molecule has 1 aromatic carbocycles. The fourth-order valence-corrected chi connectivity index (χ4v) is 1.62. The zero-order valence-electron chi connectivity index (χ0n) is 7.22. The maximum Gasteiger partial charge on any atom is 0.189 e. The second kappa shape index (κ2) is 2.31. The average Bonchev–Trinajstić information content (AvgIpc) is 2.29. The first-order valence-corrected chi connectivity index (χ1v) is 4.03. The first-order valence-electron chi connectivity index (χ1n) is 4.03. The molecule has 2 rings (SSSR count). The molecule has 0 aliphatic heterocycles. The molecule has 1 aliphatic rings. The van der Waals surface area contributed by atoms with Crippen LogP contribution in [0.2, 0.25) is 0 Å². The van der Waals surface area contributed by atoms with Crippen molar-refractivity contribution in [3.05, 3.63) is 40.5 Å². The van der Waals surface area contributed by atoms with Crippen molar-refractivity contribution in [1.82, 2.24) is 0 Å². The molecule has 1 nitrogen and oxygen atoms in total. The zero-order valence-corrected chi connectivity index (χ0v) is 7.22. The number of ketones is 1. The van der Waals surface area contributed by atoms with E-state index >= 15 is 0 Å². The van der Waals surface area contributed by atoms with Crippen molar-refractivity contribution in [2.75, 3.05) is 0 Å². The average molecular weight is 158 g/mol. The molecule has 1 aliphatic carbocycles. The minimum Gasteiger partial charge on any atom is -0.289 e. The van der Waals surface area contributed by atoms with Crippen molar-refractivity contribution in [2.45, 2.75) is 13.8 Å². The normalized spacial score (nSPS) is 14.5. The summed E-state index contributed by atoms with van der Waals surface area (Å²) in [4.78, 5) is 11.5. The number of carbonyl (C=O) groups excluding carboxylic acids is 1. The van der Waals surface area contributed by atoms with Crippen LogP contribution in [0.3, 0.4) is 0 Å². The van der Waals surface area contributed by atoms with Crippen LogP contribution in [0.15, 0.2) is 23.8 Å². The molecular weight excluding hydrogens is 148 g/mol. The van der Waals surface area contributed by atoms with E-state index in [2.05, 4.69) is 0 Å². The Morgan fingerprint density at radius 2 is 1.92 bits per heavy atom. The van der Waals surface area contributed by atoms with Gasteiger partial charge in [0.15, 0.2) is 5.78 Å². The second-order valence-corrected chi connectivity index (χ2v) is 3.20. The highest BCUT2D eigenvalue weighted by atomic mass is 16.1. The molecule has 0 unspecified atom stereocenters. The van der Waals surface area contributed by atoms with Gasteiger partial charge in [-0.15, -0.1) is 0 Å². The van der Waals surface area contributed by atoms with E-state index in [-0.39, 0.29) is 5.78 Å².